The Labute approximate surface area is 276 Å². The van der Waals surface area contributed by atoms with Gasteiger partial charge in [0.2, 0.25) is 5.91 Å². The minimum atomic E-state index is -0.531. The van der Waals surface area contributed by atoms with E-state index in [2.05, 4.69) is 20.9 Å². The van der Waals surface area contributed by atoms with Crippen molar-refractivity contribution in [2.24, 2.45) is 0 Å². The van der Waals surface area contributed by atoms with Gasteiger partial charge in [0.25, 0.3) is 17.5 Å². The van der Waals surface area contributed by atoms with Crippen molar-refractivity contribution in [3.8, 4) is 11.3 Å². The molecule has 0 unspecified atom stereocenters. The summed E-state index contributed by atoms with van der Waals surface area (Å²) >= 11 is 8.63. The maximum absolute atomic E-state index is 13.3. The van der Waals surface area contributed by atoms with Crippen LogP contribution in [0.4, 0.5) is 16.5 Å². The molecule has 0 bridgehead atoms. The van der Waals surface area contributed by atoms with E-state index in [-0.39, 0.29) is 23.0 Å². The van der Waals surface area contributed by atoms with Crippen LogP contribution in [0, 0.1) is 10.1 Å². The van der Waals surface area contributed by atoms with E-state index in [1.54, 1.807) is 102 Å². The second kappa shape index (κ2) is 15.1. The molecule has 1 aromatic heterocycles. The fraction of sp³-hybridized carbons (Fsp3) is 0.0303. The van der Waals surface area contributed by atoms with E-state index in [1.165, 1.54) is 35.2 Å². The molecule has 3 amide bonds. The van der Waals surface area contributed by atoms with Gasteiger partial charge in [0.15, 0.2) is 5.13 Å². The number of amides is 3. The molecule has 5 rings (SSSR count). The number of benzene rings is 4. The van der Waals surface area contributed by atoms with Crippen molar-refractivity contribution >= 4 is 75.0 Å². The predicted octanol–water partition coefficient (Wildman–Crippen LogP) is 7.51. The molecule has 0 atom stereocenters. The van der Waals surface area contributed by atoms with Crippen molar-refractivity contribution in [1.29, 1.82) is 0 Å². The number of hydrogen-bond acceptors (Lipinski definition) is 8. The van der Waals surface area contributed by atoms with Crippen molar-refractivity contribution in [2.45, 2.75) is 4.90 Å². The van der Waals surface area contributed by atoms with Crippen LogP contribution in [0.3, 0.4) is 0 Å². The fourth-order valence-corrected chi connectivity index (χ4v) is 5.72. The molecule has 0 saturated heterocycles. The number of nitro groups is 1. The van der Waals surface area contributed by atoms with E-state index in [9.17, 15) is 24.5 Å². The summed E-state index contributed by atoms with van der Waals surface area (Å²) in [6.45, 7) is 0. The Morgan fingerprint density at radius 1 is 0.913 bits per heavy atom. The molecule has 0 aliphatic carbocycles. The Balaban J connectivity index is 1.18. The Bertz CT molecular complexity index is 1930. The number of thiazole rings is 1. The highest BCUT2D eigenvalue weighted by Gasteiger charge is 2.16. The lowest BCUT2D eigenvalue weighted by Gasteiger charge is -2.12. The molecule has 0 aliphatic rings. The van der Waals surface area contributed by atoms with Gasteiger partial charge in [0.1, 0.15) is 5.70 Å². The lowest BCUT2D eigenvalue weighted by atomic mass is 10.1. The summed E-state index contributed by atoms with van der Waals surface area (Å²) in [5, 5.41) is 21.9. The second-order valence-electron chi connectivity index (χ2n) is 9.59. The first kappa shape index (κ1) is 32.1. The van der Waals surface area contributed by atoms with Gasteiger partial charge in [-0.25, -0.2) is 4.98 Å². The molecule has 4 aromatic carbocycles. The monoisotopic (exact) mass is 669 g/mol. The SMILES string of the molecule is O=C(CSc1ccc(NC(=O)/C(=C/c2cccc(Cl)c2)NC(=O)c2ccccc2)cc1)Nc1nc(-c2cccc([N+](=O)[O-])c2)cs1. The topological polar surface area (TPSA) is 143 Å². The van der Waals surface area contributed by atoms with Gasteiger partial charge in [0, 0.05) is 44.2 Å². The summed E-state index contributed by atoms with van der Waals surface area (Å²) in [7, 11) is 0. The Morgan fingerprint density at radius 2 is 1.67 bits per heavy atom. The Morgan fingerprint density at radius 3 is 2.41 bits per heavy atom. The van der Waals surface area contributed by atoms with Crippen molar-refractivity contribution in [2.75, 3.05) is 16.4 Å². The molecule has 0 spiro atoms. The van der Waals surface area contributed by atoms with Gasteiger partial charge in [0.05, 0.1) is 16.4 Å². The molecule has 10 nitrogen and oxygen atoms in total. The number of non-ortho nitro benzene ring substituents is 1. The zero-order valence-corrected chi connectivity index (χ0v) is 26.2. The quantitative estimate of drug-likeness (QED) is 0.0571. The molecule has 13 heteroatoms. The molecule has 0 aliphatic heterocycles. The molecular weight excluding hydrogens is 646 g/mol. The first-order chi connectivity index (χ1) is 22.2. The zero-order valence-electron chi connectivity index (χ0n) is 23.8. The maximum atomic E-state index is 13.3. The van der Waals surface area contributed by atoms with Crippen LogP contribution in [0.25, 0.3) is 17.3 Å². The third kappa shape index (κ3) is 8.88. The van der Waals surface area contributed by atoms with E-state index in [4.69, 9.17) is 11.6 Å². The van der Waals surface area contributed by atoms with Gasteiger partial charge in [-0.2, -0.15) is 0 Å². The van der Waals surface area contributed by atoms with Crippen LogP contribution in [-0.4, -0.2) is 33.4 Å². The predicted molar refractivity (Wildman–Crippen MR) is 182 cm³/mol. The number of nitrogens with one attached hydrogen (secondary N) is 3. The third-order valence-electron chi connectivity index (χ3n) is 6.27. The summed E-state index contributed by atoms with van der Waals surface area (Å²) in [4.78, 5) is 54.4. The number of aromatic nitrogens is 1. The van der Waals surface area contributed by atoms with Gasteiger partial charge < -0.3 is 16.0 Å². The standard InChI is InChI=1S/C33H24ClN5O5S2/c34-24-10-4-6-21(16-24)17-28(36-31(41)22-7-2-1-3-8-22)32(42)35-25-12-14-27(15-13-25)45-20-30(40)38-33-37-29(19-46-33)23-9-5-11-26(18-23)39(43)44/h1-19H,20H2,(H,35,42)(H,36,41)(H,37,38,40)/b28-17-. The van der Waals surface area contributed by atoms with E-state index < -0.39 is 16.7 Å². The van der Waals surface area contributed by atoms with Crippen LogP contribution in [-0.2, 0) is 9.59 Å². The average Bonchev–Trinajstić information content (AvgIpc) is 3.53. The normalized spacial score (nSPS) is 11.0. The lowest BCUT2D eigenvalue weighted by Crippen LogP contribution is -2.30. The highest BCUT2D eigenvalue weighted by atomic mass is 35.5. The molecule has 230 valence electrons. The summed E-state index contributed by atoms with van der Waals surface area (Å²) in [6, 6.07) is 28.5. The number of halogens is 1. The smallest absolute Gasteiger partial charge is 0.272 e. The largest absolute Gasteiger partial charge is 0.321 e. The number of nitro benzene ring substituents is 1. The first-order valence-corrected chi connectivity index (χ1v) is 15.9. The molecular formula is C33H24ClN5O5S2. The van der Waals surface area contributed by atoms with E-state index in [0.29, 0.717) is 38.2 Å². The maximum Gasteiger partial charge on any atom is 0.272 e. The molecule has 0 radical (unpaired) electrons. The van der Waals surface area contributed by atoms with Crippen LogP contribution in [0.1, 0.15) is 15.9 Å². The summed E-state index contributed by atoms with van der Waals surface area (Å²) in [6.07, 6.45) is 1.54. The molecule has 0 fully saturated rings. The molecule has 0 saturated carbocycles. The third-order valence-corrected chi connectivity index (χ3v) is 8.28. The van der Waals surface area contributed by atoms with Crippen molar-refractivity contribution in [3.05, 3.63) is 140 Å². The van der Waals surface area contributed by atoms with Crippen LogP contribution in [0.15, 0.2) is 119 Å². The van der Waals surface area contributed by atoms with Crippen LogP contribution >= 0.6 is 34.7 Å². The number of rotatable bonds is 11. The molecule has 3 N–H and O–H groups in total. The first-order valence-electron chi connectivity index (χ1n) is 13.6. The van der Waals surface area contributed by atoms with E-state index in [0.717, 1.165) is 4.90 Å². The number of carbonyl (C=O) groups excluding carboxylic acids is 3. The number of nitrogens with zero attached hydrogens (tertiary/aromatic N) is 2. The highest BCUT2D eigenvalue weighted by Crippen LogP contribution is 2.28. The van der Waals surface area contributed by atoms with Crippen LogP contribution < -0.4 is 16.0 Å². The minimum absolute atomic E-state index is 0.0297. The number of carbonyl (C=O) groups is 3. The summed E-state index contributed by atoms with van der Waals surface area (Å²) < 4.78 is 0. The summed E-state index contributed by atoms with van der Waals surface area (Å²) in [5.41, 5.74) is 2.62. The van der Waals surface area contributed by atoms with E-state index in [1.807, 2.05) is 0 Å². The summed E-state index contributed by atoms with van der Waals surface area (Å²) in [5.74, 6) is -1.13. The van der Waals surface area contributed by atoms with E-state index >= 15 is 0 Å². The molecule has 46 heavy (non-hydrogen) atoms. The lowest BCUT2D eigenvalue weighted by molar-refractivity contribution is -0.384. The Kier molecular flexibility index (Phi) is 10.6. The van der Waals surface area contributed by atoms with Crippen molar-refractivity contribution in [3.63, 3.8) is 0 Å². The highest BCUT2D eigenvalue weighted by molar-refractivity contribution is 8.00. The van der Waals surface area contributed by atoms with Gasteiger partial charge in [-0.3, -0.25) is 24.5 Å². The van der Waals surface area contributed by atoms with Crippen molar-refractivity contribution < 1.29 is 19.3 Å². The molecule has 1 heterocycles. The van der Waals surface area contributed by atoms with Crippen LogP contribution in [0.5, 0.6) is 0 Å². The van der Waals surface area contributed by atoms with Crippen LogP contribution in [0.2, 0.25) is 5.02 Å². The zero-order chi connectivity index (χ0) is 32.5. The number of anilines is 2. The van der Waals surface area contributed by atoms with Crippen molar-refractivity contribution in [1.82, 2.24) is 10.3 Å². The minimum Gasteiger partial charge on any atom is -0.321 e. The second-order valence-corrected chi connectivity index (χ2v) is 11.9. The average molecular weight is 670 g/mol. The fourth-order valence-electron chi connectivity index (χ4n) is 4.09. The van der Waals surface area contributed by atoms with Gasteiger partial charge in [-0.15, -0.1) is 23.1 Å². The van der Waals surface area contributed by atoms with Gasteiger partial charge in [-0.1, -0.05) is 54.1 Å². The number of thioether (sulfide) groups is 1. The Hall–Kier alpha value is -5.30. The molecule has 5 aromatic rings. The van der Waals surface area contributed by atoms with Gasteiger partial charge in [-0.05, 0) is 60.2 Å². The number of hydrogen-bond donors (Lipinski definition) is 3. The van der Waals surface area contributed by atoms with Gasteiger partial charge >= 0.3 is 0 Å².